The maximum Gasteiger partial charge on any atom is 0.277 e. The number of quaternary nitrogens is 1. The van der Waals surface area contributed by atoms with Crippen molar-refractivity contribution in [3.63, 3.8) is 0 Å². The Kier molecular flexibility index (Phi) is 6.35. The minimum Gasteiger partial charge on any atom is -0.344 e. The van der Waals surface area contributed by atoms with Crippen LogP contribution in [0.15, 0.2) is 0 Å². The number of nitrogens with one attached hydrogen (secondary N) is 2. The number of carbonyl (C=O) groups excluding carboxylic acids is 2. The normalized spacial score (nSPS) is 14.4. The van der Waals surface area contributed by atoms with Gasteiger partial charge < -0.3 is 15.1 Å². The van der Waals surface area contributed by atoms with Crippen molar-refractivity contribution < 1.29 is 14.5 Å². The van der Waals surface area contributed by atoms with Crippen LogP contribution in [0, 0.1) is 11.3 Å². The Bertz CT molecular complexity index is 660. The molecule has 2 amide bonds. The number of thiophene rings is 1. The number of hydrogen-bond acceptors (Lipinski definition) is 4. The highest BCUT2D eigenvalue weighted by Crippen LogP contribution is 2.37. The summed E-state index contributed by atoms with van der Waals surface area (Å²) in [7, 11) is 5.36. The second-order valence-electron chi connectivity index (χ2n) is 6.50. The first-order valence-electron chi connectivity index (χ1n) is 8.28. The van der Waals surface area contributed by atoms with Crippen LogP contribution in [-0.2, 0) is 22.4 Å². The molecule has 0 saturated carbocycles. The maximum absolute atomic E-state index is 12.2. The average molecular weight is 349 g/mol. The third kappa shape index (κ3) is 4.56. The first-order valence-corrected chi connectivity index (χ1v) is 9.10. The van der Waals surface area contributed by atoms with Gasteiger partial charge in [0, 0.05) is 19.0 Å². The fraction of sp³-hybridized carbons (Fsp3) is 0.588. The summed E-state index contributed by atoms with van der Waals surface area (Å²) >= 11 is 1.54. The van der Waals surface area contributed by atoms with E-state index < -0.39 is 0 Å². The number of aryl methyl sites for hydroxylation is 1. The second-order valence-corrected chi connectivity index (χ2v) is 7.60. The summed E-state index contributed by atoms with van der Waals surface area (Å²) in [5.74, 6) is -0.0487. The zero-order chi connectivity index (χ0) is 17.7. The third-order valence-electron chi connectivity index (χ3n) is 4.27. The van der Waals surface area contributed by atoms with Crippen molar-refractivity contribution in [2.24, 2.45) is 0 Å². The molecule has 0 aliphatic heterocycles. The van der Waals surface area contributed by atoms with Crippen LogP contribution in [0.1, 0.15) is 35.3 Å². The lowest BCUT2D eigenvalue weighted by Crippen LogP contribution is -3.10. The molecule has 1 aromatic heterocycles. The Hall–Kier alpha value is -1.91. The van der Waals surface area contributed by atoms with Crippen LogP contribution in [0.2, 0.25) is 0 Å². The Morgan fingerprint density at radius 2 is 2.04 bits per heavy atom. The molecule has 1 aliphatic rings. The maximum atomic E-state index is 12.2. The minimum absolute atomic E-state index is 0.0469. The Morgan fingerprint density at radius 1 is 1.33 bits per heavy atom. The van der Waals surface area contributed by atoms with Crippen LogP contribution in [-0.4, -0.2) is 50.9 Å². The molecule has 24 heavy (non-hydrogen) atoms. The molecular formula is C17H25N4O2S+. The van der Waals surface area contributed by atoms with Gasteiger partial charge in [-0.15, -0.1) is 11.3 Å². The largest absolute Gasteiger partial charge is 0.344 e. The van der Waals surface area contributed by atoms with Gasteiger partial charge in [-0.3, -0.25) is 9.59 Å². The van der Waals surface area contributed by atoms with Crippen molar-refractivity contribution >= 4 is 28.2 Å². The number of rotatable bonds is 6. The summed E-state index contributed by atoms with van der Waals surface area (Å²) in [6.07, 6.45) is 4.54. The molecule has 130 valence electrons. The van der Waals surface area contributed by atoms with Crippen LogP contribution in [0.3, 0.4) is 0 Å². The molecule has 2 N–H and O–H groups in total. The van der Waals surface area contributed by atoms with Crippen molar-refractivity contribution in [1.82, 2.24) is 4.90 Å². The van der Waals surface area contributed by atoms with E-state index in [4.69, 9.17) is 0 Å². The van der Waals surface area contributed by atoms with Gasteiger partial charge in [-0.1, -0.05) is 0 Å². The standard InChI is InChI=1S/C17H24N4O2S/c1-20(2)16(23)11-21(3)9-8-15(22)19-17-13(10-18)12-6-4-5-7-14(12)24-17/h4-9,11H2,1-3H3,(H,19,22)/p+1. The van der Waals surface area contributed by atoms with E-state index in [2.05, 4.69) is 11.4 Å². The van der Waals surface area contributed by atoms with Crippen molar-refractivity contribution in [3.05, 3.63) is 16.0 Å². The Morgan fingerprint density at radius 3 is 2.71 bits per heavy atom. The van der Waals surface area contributed by atoms with Gasteiger partial charge in [-0.25, -0.2) is 0 Å². The molecule has 1 unspecified atom stereocenters. The molecule has 1 atom stereocenters. The quantitative estimate of drug-likeness (QED) is 0.782. The summed E-state index contributed by atoms with van der Waals surface area (Å²) < 4.78 is 0. The number of nitriles is 1. The van der Waals surface area contributed by atoms with Crippen molar-refractivity contribution in [1.29, 1.82) is 5.26 Å². The highest BCUT2D eigenvalue weighted by molar-refractivity contribution is 7.16. The second kappa shape index (κ2) is 8.27. The van der Waals surface area contributed by atoms with Gasteiger partial charge in [0.2, 0.25) is 5.91 Å². The molecule has 0 bridgehead atoms. The van der Waals surface area contributed by atoms with E-state index in [1.807, 2.05) is 7.05 Å². The van der Waals surface area contributed by atoms with Crippen LogP contribution >= 0.6 is 11.3 Å². The van der Waals surface area contributed by atoms with E-state index in [0.717, 1.165) is 36.1 Å². The molecule has 2 rings (SSSR count). The van der Waals surface area contributed by atoms with Gasteiger partial charge >= 0.3 is 0 Å². The van der Waals surface area contributed by atoms with E-state index in [1.54, 1.807) is 30.3 Å². The summed E-state index contributed by atoms with van der Waals surface area (Å²) in [6, 6.07) is 2.25. The molecule has 1 aromatic rings. The highest BCUT2D eigenvalue weighted by atomic mass is 32.1. The molecule has 0 radical (unpaired) electrons. The predicted octanol–water partition coefficient (Wildman–Crippen LogP) is 0.430. The molecule has 0 fully saturated rings. The van der Waals surface area contributed by atoms with E-state index in [0.29, 0.717) is 30.1 Å². The zero-order valence-electron chi connectivity index (χ0n) is 14.6. The van der Waals surface area contributed by atoms with Gasteiger partial charge in [-0.05, 0) is 31.2 Å². The van der Waals surface area contributed by atoms with Gasteiger partial charge in [0.25, 0.3) is 5.91 Å². The molecule has 6 nitrogen and oxygen atoms in total. The van der Waals surface area contributed by atoms with Crippen molar-refractivity contribution in [2.45, 2.75) is 32.1 Å². The lowest BCUT2D eigenvalue weighted by Gasteiger charge is -2.16. The lowest BCUT2D eigenvalue weighted by atomic mass is 9.96. The summed E-state index contributed by atoms with van der Waals surface area (Å²) in [5.41, 5.74) is 1.77. The molecule has 0 spiro atoms. The number of nitrogens with zero attached hydrogens (tertiary/aromatic N) is 2. The van der Waals surface area contributed by atoms with E-state index in [9.17, 15) is 14.9 Å². The van der Waals surface area contributed by atoms with Crippen molar-refractivity contribution in [3.8, 4) is 6.07 Å². The van der Waals surface area contributed by atoms with E-state index in [1.165, 1.54) is 4.88 Å². The van der Waals surface area contributed by atoms with E-state index >= 15 is 0 Å². The molecular weight excluding hydrogens is 324 g/mol. The molecule has 1 heterocycles. The van der Waals surface area contributed by atoms with Gasteiger partial charge in [0.15, 0.2) is 6.54 Å². The molecule has 7 heteroatoms. The summed E-state index contributed by atoms with van der Waals surface area (Å²) in [6.45, 7) is 0.954. The fourth-order valence-electron chi connectivity index (χ4n) is 2.79. The van der Waals surface area contributed by atoms with Crippen molar-refractivity contribution in [2.75, 3.05) is 39.5 Å². The first-order chi connectivity index (χ1) is 11.4. The van der Waals surface area contributed by atoms with Crippen LogP contribution < -0.4 is 10.2 Å². The fourth-order valence-corrected chi connectivity index (χ4v) is 4.05. The van der Waals surface area contributed by atoms with Gasteiger partial charge in [0.05, 0.1) is 25.6 Å². The average Bonchev–Trinajstić information content (AvgIpc) is 2.89. The number of anilines is 1. The Balaban J connectivity index is 1.90. The minimum atomic E-state index is -0.0956. The van der Waals surface area contributed by atoms with Crippen LogP contribution in [0.4, 0.5) is 5.00 Å². The molecule has 0 saturated heterocycles. The molecule has 1 aliphatic carbocycles. The summed E-state index contributed by atoms with van der Waals surface area (Å²) in [4.78, 5) is 27.6. The summed E-state index contributed by atoms with van der Waals surface area (Å²) in [5, 5.41) is 13.0. The Labute approximate surface area is 147 Å². The van der Waals surface area contributed by atoms with E-state index in [-0.39, 0.29) is 11.8 Å². The predicted molar refractivity (Wildman–Crippen MR) is 94.2 cm³/mol. The zero-order valence-corrected chi connectivity index (χ0v) is 15.4. The number of likely N-dealkylation sites (N-methyl/N-ethyl adjacent to an activating group) is 2. The number of carbonyl (C=O) groups is 2. The topological polar surface area (TPSA) is 77.6 Å². The van der Waals surface area contributed by atoms with Gasteiger partial charge in [0.1, 0.15) is 11.1 Å². The van der Waals surface area contributed by atoms with Crippen LogP contribution in [0.25, 0.3) is 0 Å². The number of hydrogen-bond donors (Lipinski definition) is 2. The van der Waals surface area contributed by atoms with Crippen LogP contribution in [0.5, 0.6) is 0 Å². The number of amides is 2. The van der Waals surface area contributed by atoms with Gasteiger partial charge in [-0.2, -0.15) is 5.26 Å². The highest BCUT2D eigenvalue weighted by Gasteiger charge is 2.22. The SMILES string of the molecule is CN(C)C(=O)C[NH+](C)CCC(=O)Nc1sc2c(c1C#N)CCCC2. The monoisotopic (exact) mass is 349 g/mol. The molecule has 0 aromatic carbocycles. The lowest BCUT2D eigenvalue weighted by molar-refractivity contribution is -0.870. The first kappa shape index (κ1) is 18.4. The number of fused-ring (bicyclic) bond motifs is 1. The smallest absolute Gasteiger partial charge is 0.277 e. The third-order valence-corrected chi connectivity index (χ3v) is 5.47.